The van der Waals surface area contributed by atoms with Gasteiger partial charge in [0.25, 0.3) is 15.9 Å². The maximum Gasteiger partial charge on any atom is 0.305 e. The van der Waals surface area contributed by atoms with Crippen LogP contribution in [0.1, 0.15) is 29.6 Å². The predicted molar refractivity (Wildman–Crippen MR) is 100 cm³/mol. The molecule has 1 amide bonds. The van der Waals surface area contributed by atoms with E-state index in [0.29, 0.717) is 18.5 Å². The van der Waals surface area contributed by atoms with Crippen molar-refractivity contribution in [2.24, 2.45) is 0 Å². The van der Waals surface area contributed by atoms with Gasteiger partial charge in [-0.05, 0) is 43.2 Å². The second-order valence-corrected chi connectivity index (χ2v) is 8.07. The third kappa shape index (κ3) is 4.46. The largest absolute Gasteiger partial charge is 0.481 e. The number of rotatable bonds is 6. The van der Waals surface area contributed by atoms with Crippen LogP contribution in [0.15, 0.2) is 59.5 Å². The number of aliphatic carboxylic acids is 1. The van der Waals surface area contributed by atoms with Crippen molar-refractivity contribution < 1.29 is 23.1 Å². The molecule has 1 unspecified atom stereocenters. The molecule has 0 aromatic heterocycles. The average Bonchev–Trinajstić information content (AvgIpc) is 3.09. The first-order valence-electron chi connectivity index (χ1n) is 8.57. The molecule has 1 atom stereocenters. The van der Waals surface area contributed by atoms with E-state index in [1.807, 2.05) is 0 Å². The van der Waals surface area contributed by atoms with E-state index in [-0.39, 0.29) is 29.0 Å². The number of hydrogen-bond acceptors (Lipinski definition) is 4. The molecule has 3 rings (SSSR count). The molecule has 142 valence electrons. The van der Waals surface area contributed by atoms with Crippen LogP contribution in [0.25, 0.3) is 0 Å². The molecule has 8 heteroatoms. The van der Waals surface area contributed by atoms with Crippen LogP contribution in [0.5, 0.6) is 0 Å². The summed E-state index contributed by atoms with van der Waals surface area (Å²) >= 11 is 0. The Balaban J connectivity index is 1.79. The molecule has 0 bridgehead atoms. The first-order chi connectivity index (χ1) is 12.9. The van der Waals surface area contributed by atoms with E-state index in [0.717, 1.165) is 6.42 Å². The SMILES string of the molecule is O=C(O)CC1CCCN1C(=O)c1cccc(NS(=O)(=O)c2ccccc2)c1. The van der Waals surface area contributed by atoms with Gasteiger partial charge in [-0.3, -0.25) is 14.3 Å². The maximum atomic E-state index is 12.8. The molecule has 27 heavy (non-hydrogen) atoms. The summed E-state index contributed by atoms with van der Waals surface area (Å²) in [6.07, 6.45) is 1.31. The van der Waals surface area contributed by atoms with E-state index in [9.17, 15) is 18.0 Å². The first-order valence-corrected chi connectivity index (χ1v) is 10.1. The molecule has 2 aromatic rings. The van der Waals surface area contributed by atoms with Crippen LogP contribution in [0, 0.1) is 0 Å². The number of carbonyl (C=O) groups is 2. The monoisotopic (exact) mass is 388 g/mol. The summed E-state index contributed by atoms with van der Waals surface area (Å²) in [4.78, 5) is 25.5. The smallest absolute Gasteiger partial charge is 0.305 e. The number of amides is 1. The molecule has 0 radical (unpaired) electrons. The number of carboxylic acid groups (broad SMARTS) is 1. The van der Waals surface area contributed by atoms with E-state index in [1.54, 1.807) is 41.3 Å². The second kappa shape index (κ2) is 7.79. The fourth-order valence-corrected chi connectivity index (χ4v) is 4.28. The van der Waals surface area contributed by atoms with Gasteiger partial charge < -0.3 is 10.0 Å². The number of carbonyl (C=O) groups excluding carboxylic acids is 1. The molecule has 1 fully saturated rings. The standard InChI is InChI=1S/C19H20N2O5S/c22-18(23)13-16-8-5-11-21(16)19(24)14-6-4-7-15(12-14)20-27(25,26)17-9-2-1-3-10-17/h1-4,6-7,9-10,12,16,20H,5,8,11,13H2,(H,22,23). The van der Waals surface area contributed by atoms with Gasteiger partial charge in [0.2, 0.25) is 0 Å². The Morgan fingerprint density at radius 2 is 1.85 bits per heavy atom. The van der Waals surface area contributed by atoms with Crippen molar-refractivity contribution in [3.05, 3.63) is 60.2 Å². The van der Waals surface area contributed by atoms with Gasteiger partial charge in [0.15, 0.2) is 0 Å². The summed E-state index contributed by atoms with van der Waals surface area (Å²) in [5, 5.41) is 9.01. The number of anilines is 1. The van der Waals surface area contributed by atoms with Crippen molar-refractivity contribution in [2.45, 2.75) is 30.2 Å². The molecule has 1 saturated heterocycles. The highest BCUT2D eigenvalue weighted by Crippen LogP contribution is 2.24. The lowest BCUT2D eigenvalue weighted by atomic mass is 10.1. The topological polar surface area (TPSA) is 104 Å². The molecule has 2 aromatic carbocycles. The first kappa shape index (κ1) is 18.9. The lowest BCUT2D eigenvalue weighted by Gasteiger charge is -2.23. The van der Waals surface area contributed by atoms with Gasteiger partial charge >= 0.3 is 5.97 Å². The summed E-state index contributed by atoms with van der Waals surface area (Å²) in [7, 11) is -3.75. The number of sulfonamides is 1. The third-order valence-corrected chi connectivity index (χ3v) is 5.86. The van der Waals surface area contributed by atoms with Crippen LogP contribution in [-0.4, -0.2) is 42.9 Å². The summed E-state index contributed by atoms with van der Waals surface area (Å²) in [5.74, 6) is -1.23. The molecule has 7 nitrogen and oxygen atoms in total. The van der Waals surface area contributed by atoms with Crippen LogP contribution < -0.4 is 4.72 Å². The van der Waals surface area contributed by atoms with Gasteiger partial charge in [0, 0.05) is 23.8 Å². The van der Waals surface area contributed by atoms with Gasteiger partial charge in [-0.15, -0.1) is 0 Å². The summed E-state index contributed by atoms with van der Waals surface area (Å²) in [5.41, 5.74) is 0.597. The van der Waals surface area contributed by atoms with E-state index in [4.69, 9.17) is 5.11 Å². The highest BCUT2D eigenvalue weighted by Gasteiger charge is 2.31. The lowest BCUT2D eigenvalue weighted by Crippen LogP contribution is -2.36. The lowest BCUT2D eigenvalue weighted by molar-refractivity contribution is -0.137. The van der Waals surface area contributed by atoms with E-state index in [2.05, 4.69) is 4.72 Å². The predicted octanol–water partition coefficient (Wildman–Crippen LogP) is 2.57. The van der Waals surface area contributed by atoms with Crippen LogP contribution >= 0.6 is 0 Å². The molecule has 2 N–H and O–H groups in total. The Morgan fingerprint density at radius 1 is 1.11 bits per heavy atom. The minimum Gasteiger partial charge on any atom is -0.481 e. The zero-order chi connectivity index (χ0) is 19.4. The number of nitrogens with one attached hydrogen (secondary N) is 1. The average molecular weight is 388 g/mol. The van der Waals surface area contributed by atoms with E-state index in [1.165, 1.54) is 18.2 Å². The number of carboxylic acids is 1. The minimum absolute atomic E-state index is 0.0912. The zero-order valence-electron chi connectivity index (χ0n) is 14.5. The van der Waals surface area contributed by atoms with Crippen LogP contribution in [0.2, 0.25) is 0 Å². The molecule has 0 spiro atoms. The Bertz CT molecular complexity index is 944. The van der Waals surface area contributed by atoms with Gasteiger partial charge in [-0.1, -0.05) is 24.3 Å². The fraction of sp³-hybridized carbons (Fsp3) is 0.263. The highest BCUT2D eigenvalue weighted by atomic mass is 32.2. The third-order valence-electron chi connectivity index (χ3n) is 4.46. The highest BCUT2D eigenvalue weighted by molar-refractivity contribution is 7.92. The van der Waals surface area contributed by atoms with Crippen molar-refractivity contribution in [1.82, 2.24) is 4.90 Å². The zero-order valence-corrected chi connectivity index (χ0v) is 15.4. The second-order valence-electron chi connectivity index (χ2n) is 6.39. The van der Waals surface area contributed by atoms with Crippen molar-refractivity contribution in [1.29, 1.82) is 0 Å². The minimum atomic E-state index is -3.75. The molecule has 1 aliphatic heterocycles. The molecule has 0 saturated carbocycles. The normalized spacial score (nSPS) is 16.9. The Labute approximate surface area is 157 Å². The van der Waals surface area contributed by atoms with Crippen molar-refractivity contribution >= 4 is 27.6 Å². The van der Waals surface area contributed by atoms with Crippen LogP contribution in [0.4, 0.5) is 5.69 Å². The van der Waals surface area contributed by atoms with Gasteiger partial charge in [0.05, 0.1) is 11.3 Å². The number of nitrogens with zero attached hydrogens (tertiary/aromatic N) is 1. The van der Waals surface area contributed by atoms with Gasteiger partial charge in [-0.25, -0.2) is 8.42 Å². The van der Waals surface area contributed by atoms with Crippen molar-refractivity contribution in [2.75, 3.05) is 11.3 Å². The van der Waals surface area contributed by atoms with Crippen molar-refractivity contribution in [3.63, 3.8) is 0 Å². The summed E-state index contributed by atoms with van der Waals surface area (Å²) in [6, 6.07) is 13.8. The van der Waals surface area contributed by atoms with Gasteiger partial charge in [0.1, 0.15) is 0 Å². The number of hydrogen-bond donors (Lipinski definition) is 2. The Morgan fingerprint density at radius 3 is 2.56 bits per heavy atom. The van der Waals surface area contributed by atoms with Gasteiger partial charge in [-0.2, -0.15) is 0 Å². The van der Waals surface area contributed by atoms with Crippen LogP contribution in [0.3, 0.4) is 0 Å². The number of likely N-dealkylation sites (tertiary alicyclic amines) is 1. The van der Waals surface area contributed by atoms with Crippen molar-refractivity contribution in [3.8, 4) is 0 Å². The molecule has 0 aliphatic carbocycles. The molecule has 1 aliphatic rings. The Kier molecular flexibility index (Phi) is 5.46. The molecular formula is C19H20N2O5S. The Hall–Kier alpha value is -2.87. The molecular weight excluding hydrogens is 368 g/mol. The molecule has 1 heterocycles. The maximum absolute atomic E-state index is 12.8. The fourth-order valence-electron chi connectivity index (χ4n) is 3.21. The summed E-state index contributed by atoms with van der Waals surface area (Å²) < 4.78 is 27.4. The summed E-state index contributed by atoms with van der Waals surface area (Å²) in [6.45, 7) is 0.497. The van der Waals surface area contributed by atoms with E-state index >= 15 is 0 Å². The quantitative estimate of drug-likeness (QED) is 0.791. The number of benzene rings is 2. The van der Waals surface area contributed by atoms with Crippen LogP contribution in [-0.2, 0) is 14.8 Å². The van der Waals surface area contributed by atoms with E-state index < -0.39 is 16.0 Å².